The van der Waals surface area contributed by atoms with Crippen molar-refractivity contribution in [2.24, 2.45) is 0 Å². The quantitative estimate of drug-likeness (QED) is 0.821. The summed E-state index contributed by atoms with van der Waals surface area (Å²) in [5.74, 6) is -2.15. The second-order valence-electron chi connectivity index (χ2n) is 5.94. The Kier molecular flexibility index (Phi) is 4.22. The molecule has 6 nitrogen and oxygen atoms in total. The van der Waals surface area contributed by atoms with Gasteiger partial charge in [0.15, 0.2) is 5.60 Å². The van der Waals surface area contributed by atoms with Crippen molar-refractivity contribution in [1.82, 2.24) is 0 Å². The van der Waals surface area contributed by atoms with Gasteiger partial charge in [0, 0.05) is 17.1 Å². The van der Waals surface area contributed by atoms with E-state index in [0.717, 1.165) is 0 Å². The molecule has 1 amide bonds. The number of carbonyl (C=O) groups is 3. The number of benzene rings is 2. The Morgan fingerprint density at radius 2 is 1.88 bits per heavy atom. The summed E-state index contributed by atoms with van der Waals surface area (Å²) in [6.07, 6.45) is 0.188. The highest BCUT2D eigenvalue weighted by molar-refractivity contribution is 6.30. The number of esters is 1. The number of aromatic carboxylic acids is 1. The van der Waals surface area contributed by atoms with Gasteiger partial charge in [0.1, 0.15) is 0 Å². The number of hydrogen-bond donors (Lipinski definition) is 2. The predicted octanol–water partition coefficient (Wildman–Crippen LogP) is 3.15. The summed E-state index contributed by atoms with van der Waals surface area (Å²) in [4.78, 5) is 35.6. The lowest BCUT2D eigenvalue weighted by Gasteiger charge is -2.33. The van der Waals surface area contributed by atoms with Crippen LogP contribution in [-0.4, -0.2) is 28.6 Å². The van der Waals surface area contributed by atoms with E-state index in [9.17, 15) is 14.4 Å². The highest BCUT2D eigenvalue weighted by Gasteiger charge is 2.42. The van der Waals surface area contributed by atoms with Gasteiger partial charge in [-0.2, -0.15) is 0 Å². The molecule has 2 N–H and O–H groups in total. The first kappa shape index (κ1) is 17.0. The molecule has 0 aromatic heterocycles. The third-order valence-electron chi connectivity index (χ3n) is 4.00. The Balaban J connectivity index is 1.82. The molecule has 2 aromatic rings. The zero-order valence-electron chi connectivity index (χ0n) is 13.2. The number of anilines is 1. The number of cyclic esters (lactones) is 1. The van der Waals surface area contributed by atoms with Gasteiger partial charge in [0.2, 0.25) is 0 Å². The number of halogens is 1. The van der Waals surface area contributed by atoms with Gasteiger partial charge < -0.3 is 15.2 Å². The van der Waals surface area contributed by atoms with E-state index in [2.05, 4.69) is 5.32 Å². The fraction of sp³-hybridized carbons (Fsp3) is 0.167. The summed E-state index contributed by atoms with van der Waals surface area (Å²) in [5, 5.41) is 12.0. The lowest BCUT2D eigenvalue weighted by atomic mass is 9.89. The maximum Gasteiger partial charge on any atom is 0.339 e. The number of ether oxygens (including phenoxy) is 1. The zero-order valence-corrected chi connectivity index (χ0v) is 14.0. The summed E-state index contributed by atoms with van der Waals surface area (Å²) in [6.45, 7) is 1.52. The summed E-state index contributed by atoms with van der Waals surface area (Å²) >= 11 is 5.97. The molecule has 1 aliphatic heterocycles. The highest BCUT2D eigenvalue weighted by atomic mass is 35.5. The standard InChI is InChI=1S/C18H14ClNO5/c1-18(9-11-8-12(19)4-7-14(11)16(23)25-18)17(24)20-13-5-2-10(3-6-13)15(21)22/h2-8H,9H2,1H3,(H,20,24)(H,21,22)/t18-/m0/s1. The van der Waals surface area contributed by atoms with Gasteiger partial charge in [-0.25, -0.2) is 9.59 Å². The average Bonchev–Trinajstić information content (AvgIpc) is 2.54. The van der Waals surface area contributed by atoms with Crippen LogP contribution in [0.2, 0.25) is 5.02 Å². The first-order valence-corrected chi connectivity index (χ1v) is 7.83. The number of nitrogens with one attached hydrogen (secondary N) is 1. The molecule has 128 valence electrons. The van der Waals surface area contributed by atoms with Gasteiger partial charge in [0.05, 0.1) is 11.1 Å². The minimum Gasteiger partial charge on any atom is -0.478 e. The van der Waals surface area contributed by atoms with E-state index in [1.54, 1.807) is 18.2 Å². The van der Waals surface area contributed by atoms with Gasteiger partial charge >= 0.3 is 11.9 Å². The number of hydrogen-bond acceptors (Lipinski definition) is 4. The zero-order chi connectivity index (χ0) is 18.2. The Bertz CT molecular complexity index is 878. The van der Waals surface area contributed by atoms with E-state index in [-0.39, 0.29) is 12.0 Å². The van der Waals surface area contributed by atoms with Crippen LogP contribution < -0.4 is 5.32 Å². The monoisotopic (exact) mass is 359 g/mol. The molecular formula is C18H14ClNO5. The van der Waals surface area contributed by atoms with Gasteiger partial charge in [-0.05, 0) is 55.0 Å². The fourth-order valence-corrected chi connectivity index (χ4v) is 2.85. The third kappa shape index (κ3) is 3.34. The van der Waals surface area contributed by atoms with E-state index in [1.807, 2.05) is 0 Å². The molecule has 1 atom stereocenters. The van der Waals surface area contributed by atoms with Crippen LogP contribution in [0.1, 0.15) is 33.2 Å². The van der Waals surface area contributed by atoms with Gasteiger partial charge in [-0.3, -0.25) is 4.79 Å². The van der Waals surface area contributed by atoms with Crippen molar-refractivity contribution in [2.45, 2.75) is 18.9 Å². The lowest BCUT2D eigenvalue weighted by molar-refractivity contribution is -0.134. The molecule has 0 bridgehead atoms. The number of carboxylic acid groups (broad SMARTS) is 1. The van der Waals surface area contributed by atoms with Crippen LogP contribution in [0.15, 0.2) is 42.5 Å². The summed E-state index contributed by atoms with van der Waals surface area (Å²) < 4.78 is 5.35. The minimum absolute atomic E-state index is 0.108. The number of amides is 1. The summed E-state index contributed by atoms with van der Waals surface area (Å²) in [7, 11) is 0. The molecule has 0 fully saturated rings. The van der Waals surface area contributed by atoms with Crippen molar-refractivity contribution >= 4 is 35.1 Å². The lowest BCUT2D eigenvalue weighted by Crippen LogP contribution is -2.48. The fourth-order valence-electron chi connectivity index (χ4n) is 2.65. The van der Waals surface area contributed by atoms with E-state index >= 15 is 0 Å². The van der Waals surface area contributed by atoms with E-state index < -0.39 is 23.4 Å². The van der Waals surface area contributed by atoms with Crippen LogP contribution in [0.4, 0.5) is 5.69 Å². The van der Waals surface area contributed by atoms with Gasteiger partial charge in [-0.1, -0.05) is 11.6 Å². The third-order valence-corrected chi connectivity index (χ3v) is 4.24. The van der Waals surface area contributed by atoms with Gasteiger partial charge in [0.25, 0.3) is 5.91 Å². The van der Waals surface area contributed by atoms with Crippen LogP contribution in [0.3, 0.4) is 0 Å². The summed E-state index contributed by atoms with van der Waals surface area (Å²) in [6, 6.07) is 10.5. The average molecular weight is 360 g/mol. The molecule has 25 heavy (non-hydrogen) atoms. The molecule has 1 heterocycles. The smallest absolute Gasteiger partial charge is 0.339 e. The Morgan fingerprint density at radius 3 is 2.52 bits per heavy atom. The van der Waals surface area contributed by atoms with Crippen LogP contribution in [0.25, 0.3) is 0 Å². The van der Waals surface area contributed by atoms with Crippen LogP contribution >= 0.6 is 11.6 Å². The molecule has 0 radical (unpaired) electrons. The molecule has 0 unspecified atom stereocenters. The normalized spacial score (nSPS) is 18.9. The van der Waals surface area contributed by atoms with Crippen molar-refractivity contribution < 1.29 is 24.2 Å². The molecule has 0 saturated heterocycles. The topological polar surface area (TPSA) is 92.7 Å². The van der Waals surface area contributed by atoms with Crippen LogP contribution in [-0.2, 0) is 16.0 Å². The minimum atomic E-state index is -1.39. The van der Waals surface area contributed by atoms with Crippen molar-refractivity contribution in [1.29, 1.82) is 0 Å². The van der Waals surface area contributed by atoms with Crippen molar-refractivity contribution in [3.05, 3.63) is 64.2 Å². The maximum absolute atomic E-state index is 12.6. The van der Waals surface area contributed by atoms with Crippen molar-refractivity contribution in [3.8, 4) is 0 Å². The van der Waals surface area contributed by atoms with E-state index in [0.29, 0.717) is 21.8 Å². The molecule has 0 saturated carbocycles. The molecular weight excluding hydrogens is 346 g/mol. The maximum atomic E-state index is 12.6. The van der Waals surface area contributed by atoms with Gasteiger partial charge in [-0.15, -0.1) is 0 Å². The summed E-state index contributed by atoms with van der Waals surface area (Å²) in [5.41, 5.74) is 0.157. The predicted molar refractivity (Wildman–Crippen MR) is 91.0 cm³/mol. The number of carbonyl (C=O) groups excluding carboxylic acids is 2. The Hall–Kier alpha value is -2.86. The molecule has 3 rings (SSSR count). The molecule has 2 aromatic carbocycles. The molecule has 0 aliphatic carbocycles. The van der Waals surface area contributed by atoms with Crippen molar-refractivity contribution in [2.75, 3.05) is 5.32 Å². The number of carboxylic acids is 1. The number of fused-ring (bicyclic) bond motifs is 1. The second-order valence-corrected chi connectivity index (χ2v) is 6.37. The van der Waals surface area contributed by atoms with E-state index in [4.69, 9.17) is 21.4 Å². The van der Waals surface area contributed by atoms with Crippen LogP contribution in [0, 0.1) is 0 Å². The SMILES string of the molecule is C[C@@]1(C(=O)Nc2ccc(C(=O)O)cc2)Cc2cc(Cl)ccc2C(=O)O1. The molecule has 1 aliphatic rings. The Labute approximate surface area is 148 Å². The van der Waals surface area contributed by atoms with E-state index in [1.165, 1.54) is 31.2 Å². The second kappa shape index (κ2) is 6.22. The highest BCUT2D eigenvalue weighted by Crippen LogP contribution is 2.31. The first-order chi connectivity index (χ1) is 11.8. The van der Waals surface area contributed by atoms with Crippen molar-refractivity contribution in [3.63, 3.8) is 0 Å². The number of rotatable bonds is 3. The Morgan fingerprint density at radius 1 is 1.20 bits per heavy atom. The molecule has 7 heteroatoms. The molecule has 0 spiro atoms. The first-order valence-electron chi connectivity index (χ1n) is 7.45. The van der Waals surface area contributed by atoms with Crippen LogP contribution in [0.5, 0.6) is 0 Å². The largest absolute Gasteiger partial charge is 0.478 e.